The van der Waals surface area contributed by atoms with Gasteiger partial charge in [0.2, 0.25) is 3.83 Å². The van der Waals surface area contributed by atoms with E-state index >= 15 is 0 Å². The van der Waals surface area contributed by atoms with E-state index in [0.29, 0.717) is 0 Å². The summed E-state index contributed by atoms with van der Waals surface area (Å²) in [5, 5.41) is 4.97. The number of hydrogen-bond donors (Lipinski definition) is 0. The molecule has 2 aromatic rings. The minimum absolute atomic E-state index is 0.786. The summed E-state index contributed by atoms with van der Waals surface area (Å²) in [6, 6.07) is 1.93. The smallest absolute Gasteiger partial charge is 0.203 e. The maximum atomic E-state index is 4.25. The molecule has 0 atom stereocenters. The molecule has 0 aromatic carbocycles. The van der Waals surface area contributed by atoms with Crippen molar-refractivity contribution < 1.29 is 0 Å². The Morgan fingerprint density at radius 2 is 2.42 bits per heavy atom. The molecule has 0 aliphatic rings. The molecule has 2 rings (SSSR count). The summed E-state index contributed by atoms with van der Waals surface area (Å²) in [6.07, 6.45) is 1.75. The average molecular weight is 292 g/mol. The highest BCUT2D eigenvalue weighted by molar-refractivity contribution is 14.1. The van der Waals surface area contributed by atoms with Crippen LogP contribution in [0.4, 0.5) is 0 Å². The second kappa shape index (κ2) is 3.09. The van der Waals surface area contributed by atoms with Crippen molar-refractivity contribution in [3.63, 3.8) is 0 Å². The van der Waals surface area contributed by atoms with Gasteiger partial charge in [0.25, 0.3) is 0 Å². The monoisotopic (exact) mass is 292 g/mol. The first-order chi connectivity index (χ1) is 5.77. The average Bonchev–Trinajstić information content (AvgIpc) is 2.58. The van der Waals surface area contributed by atoms with Crippen molar-refractivity contribution in [3.8, 4) is 10.7 Å². The Hall–Kier alpha value is -0.500. The van der Waals surface area contributed by atoms with E-state index in [-0.39, 0.29) is 0 Å². The van der Waals surface area contributed by atoms with Crippen LogP contribution in [0.1, 0.15) is 0 Å². The number of aryl methyl sites for hydroxylation is 1. The van der Waals surface area contributed by atoms with Crippen LogP contribution < -0.4 is 0 Å². The highest BCUT2D eigenvalue weighted by Crippen LogP contribution is 2.20. The van der Waals surface area contributed by atoms with Crippen molar-refractivity contribution in [1.82, 2.24) is 19.1 Å². The van der Waals surface area contributed by atoms with Crippen molar-refractivity contribution >= 4 is 34.1 Å². The van der Waals surface area contributed by atoms with Crippen molar-refractivity contribution in [2.75, 3.05) is 0 Å². The van der Waals surface area contributed by atoms with Crippen LogP contribution in [0.3, 0.4) is 0 Å². The maximum absolute atomic E-state index is 4.25. The van der Waals surface area contributed by atoms with Crippen molar-refractivity contribution in [2.45, 2.75) is 0 Å². The van der Waals surface area contributed by atoms with Gasteiger partial charge in [0.1, 0.15) is 0 Å². The van der Waals surface area contributed by atoms with Gasteiger partial charge in [0.15, 0.2) is 5.01 Å². The molecular formula is C6H5IN4S. The number of halogens is 1. The summed E-state index contributed by atoms with van der Waals surface area (Å²) in [6.45, 7) is 0. The first kappa shape index (κ1) is 8.11. The van der Waals surface area contributed by atoms with Gasteiger partial charge in [-0.25, -0.2) is 4.98 Å². The lowest BCUT2D eigenvalue weighted by Gasteiger charge is -1.93. The third-order valence-corrected chi connectivity index (χ3v) is 2.99. The Labute approximate surface area is 86.9 Å². The Morgan fingerprint density at radius 1 is 1.58 bits per heavy atom. The van der Waals surface area contributed by atoms with Gasteiger partial charge in [-0.15, -0.1) is 0 Å². The highest BCUT2D eigenvalue weighted by Gasteiger charge is 2.07. The molecule has 2 aromatic heterocycles. The second-order valence-corrected chi connectivity index (χ2v) is 3.93. The fraction of sp³-hybridized carbons (Fsp3) is 0.167. The number of rotatable bonds is 1. The van der Waals surface area contributed by atoms with Gasteiger partial charge in [-0.3, -0.25) is 4.68 Å². The van der Waals surface area contributed by atoms with Gasteiger partial charge in [-0.2, -0.15) is 9.47 Å². The molecule has 0 N–H and O–H groups in total. The molecule has 12 heavy (non-hydrogen) atoms. The number of hydrogen-bond acceptors (Lipinski definition) is 4. The van der Waals surface area contributed by atoms with E-state index in [1.807, 2.05) is 13.1 Å². The van der Waals surface area contributed by atoms with Crippen molar-refractivity contribution in [1.29, 1.82) is 0 Å². The van der Waals surface area contributed by atoms with E-state index in [9.17, 15) is 0 Å². The summed E-state index contributed by atoms with van der Waals surface area (Å²) >= 11 is 3.49. The molecule has 62 valence electrons. The first-order valence-electron chi connectivity index (χ1n) is 3.25. The Morgan fingerprint density at radius 3 is 2.92 bits per heavy atom. The van der Waals surface area contributed by atoms with Crippen LogP contribution in [-0.4, -0.2) is 19.1 Å². The third kappa shape index (κ3) is 1.36. The van der Waals surface area contributed by atoms with E-state index in [1.54, 1.807) is 10.9 Å². The van der Waals surface area contributed by atoms with Gasteiger partial charge >= 0.3 is 0 Å². The van der Waals surface area contributed by atoms with E-state index in [4.69, 9.17) is 0 Å². The zero-order valence-corrected chi connectivity index (χ0v) is 9.20. The van der Waals surface area contributed by atoms with Crippen LogP contribution >= 0.6 is 34.1 Å². The van der Waals surface area contributed by atoms with E-state index < -0.39 is 0 Å². The lowest BCUT2D eigenvalue weighted by atomic mass is 10.4. The van der Waals surface area contributed by atoms with Gasteiger partial charge in [0, 0.05) is 35.8 Å². The molecule has 0 amide bonds. The second-order valence-electron chi connectivity index (χ2n) is 2.21. The Balaban J connectivity index is 2.50. The molecule has 0 aliphatic heterocycles. The zero-order valence-electron chi connectivity index (χ0n) is 6.23. The molecule has 4 nitrogen and oxygen atoms in total. The number of aromatic nitrogens is 4. The predicted octanol–water partition coefficient (Wildman–Crippen LogP) is 1.54. The molecule has 0 fully saturated rings. The standard InChI is InChI=1S/C6H5IN4S/c1-11-4(2-3-8-11)5-9-6(7)10-12-5/h2-3H,1H3. The SMILES string of the molecule is Cn1nccc1-c1nc(I)ns1. The molecule has 0 radical (unpaired) electrons. The summed E-state index contributed by atoms with van der Waals surface area (Å²) < 4.78 is 6.66. The summed E-state index contributed by atoms with van der Waals surface area (Å²) in [5.41, 5.74) is 1.01. The normalized spacial score (nSPS) is 10.5. The number of nitrogens with zero attached hydrogens (tertiary/aromatic N) is 4. The minimum Gasteiger partial charge on any atom is -0.265 e. The van der Waals surface area contributed by atoms with Crippen molar-refractivity contribution in [3.05, 3.63) is 16.1 Å². The van der Waals surface area contributed by atoms with Crippen LogP contribution in [0.5, 0.6) is 0 Å². The van der Waals surface area contributed by atoms with Gasteiger partial charge in [-0.05, 0) is 17.6 Å². The fourth-order valence-corrected chi connectivity index (χ4v) is 2.22. The molecule has 2 heterocycles. The summed E-state index contributed by atoms with van der Waals surface area (Å²) in [7, 11) is 1.89. The van der Waals surface area contributed by atoms with E-state index in [1.165, 1.54) is 11.5 Å². The maximum Gasteiger partial charge on any atom is 0.203 e. The molecule has 0 aliphatic carbocycles. The molecule has 0 bridgehead atoms. The van der Waals surface area contributed by atoms with Crippen LogP contribution in [0.15, 0.2) is 12.3 Å². The van der Waals surface area contributed by atoms with Gasteiger partial charge in [0.05, 0.1) is 5.69 Å². The lowest BCUT2D eigenvalue weighted by Crippen LogP contribution is -1.92. The Bertz CT molecular complexity index is 394. The molecule has 0 spiro atoms. The topological polar surface area (TPSA) is 43.6 Å². The molecule has 0 unspecified atom stereocenters. The highest BCUT2D eigenvalue weighted by atomic mass is 127. The van der Waals surface area contributed by atoms with E-state index in [2.05, 4.69) is 37.0 Å². The lowest BCUT2D eigenvalue weighted by molar-refractivity contribution is 0.775. The predicted molar refractivity (Wildman–Crippen MR) is 54.8 cm³/mol. The van der Waals surface area contributed by atoms with Gasteiger partial charge < -0.3 is 0 Å². The summed E-state index contributed by atoms with van der Waals surface area (Å²) in [4.78, 5) is 4.25. The fourth-order valence-electron chi connectivity index (χ4n) is 0.893. The largest absolute Gasteiger partial charge is 0.265 e. The molecule has 6 heteroatoms. The van der Waals surface area contributed by atoms with Gasteiger partial charge in [-0.1, -0.05) is 0 Å². The minimum atomic E-state index is 0.786. The Kier molecular flexibility index (Phi) is 2.09. The van der Waals surface area contributed by atoms with Crippen molar-refractivity contribution in [2.24, 2.45) is 7.05 Å². The zero-order chi connectivity index (χ0) is 8.55. The van der Waals surface area contributed by atoms with Crippen LogP contribution in [0, 0.1) is 3.83 Å². The first-order valence-corrected chi connectivity index (χ1v) is 5.10. The molecule has 0 saturated heterocycles. The van der Waals surface area contributed by atoms with Crippen LogP contribution in [0.2, 0.25) is 0 Å². The van der Waals surface area contributed by atoms with Crippen LogP contribution in [0.25, 0.3) is 10.7 Å². The third-order valence-electron chi connectivity index (χ3n) is 1.44. The van der Waals surface area contributed by atoms with E-state index in [0.717, 1.165) is 14.5 Å². The molecule has 0 saturated carbocycles. The summed E-state index contributed by atoms with van der Waals surface area (Å²) in [5.74, 6) is 0. The van der Waals surface area contributed by atoms with Crippen LogP contribution in [-0.2, 0) is 7.05 Å². The molecular weight excluding hydrogens is 287 g/mol. The quantitative estimate of drug-likeness (QED) is 0.749.